The fraction of sp³-hybridized carbons (Fsp3) is 1.00. The van der Waals surface area contributed by atoms with Crippen LogP contribution in [-0.4, -0.2) is 33.9 Å². The van der Waals surface area contributed by atoms with Crippen LogP contribution in [0, 0.1) is 5.41 Å². The second kappa shape index (κ2) is 5.65. The molecule has 2 atom stereocenters. The Bertz CT molecular complexity index is 214. The van der Waals surface area contributed by atoms with E-state index in [-0.39, 0.29) is 0 Å². The third-order valence-electron chi connectivity index (χ3n) is 3.62. The summed E-state index contributed by atoms with van der Waals surface area (Å²) in [6, 6.07) is 1.39. The molecule has 1 saturated heterocycles. The van der Waals surface area contributed by atoms with Crippen LogP contribution in [0.25, 0.3) is 0 Å². The van der Waals surface area contributed by atoms with Crippen LogP contribution in [0.4, 0.5) is 0 Å². The molecule has 16 heavy (non-hydrogen) atoms. The van der Waals surface area contributed by atoms with E-state index in [0.29, 0.717) is 11.5 Å². The molecule has 0 saturated carbocycles. The average molecular weight is 243 g/mol. The molecule has 0 spiro atoms. The molecule has 0 aliphatic carbocycles. The maximum absolute atomic E-state index is 5.83. The van der Waals surface area contributed by atoms with Gasteiger partial charge in [-0.3, -0.25) is 0 Å². The van der Waals surface area contributed by atoms with Crippen LogP contribution in [0.5, 0.6) is 0 Å². The first kappa shape index (κ1) is 14.2. The van der Waals surface area contributed by atoms with Gasteiger partial charge in [0.2, 0.25) is 0 Å². The Kier molecular flexibility index (Phi) is 5.01. The van der Waals surface area contributed by atoms with Crippen LogP contribution < -0.4 is 5.32 Å². The van der Waals surface area contributed by atoms with Gasteiger partial charge in [0.05, 0.1) is 6.10 Å². The number of rotatable bonds is 6. The minimum atomic E-state index is -1.02. The summed E-state index contributed by atoms with van der Waals surface area (Å²) in [5.41, 5.74) is 0.416. The van der Waals surface area contributed by atoms with Gasteiger partial charge in [0, 0.05) is 26.6 Å². The molecule has 0 amide bonds. The molecule has 0 aromatic rings. The van der Waals surface area contributed by atoms with E-state index in [2.05, 4.69) is 38.8 Å². The summed E-state index contributed by atoms with van der Waals surface area (Å²) >= 11 is 0. The summed E-state index contributed by atoms with van der Waals surface area (Å²) in [4.78, 5) is 0. The van der Waals surface area contributed by atoms with Gasteiger partial charge in [0.25, 0.3) is 0 Å². The first-order valence-corrected chi connectivity index (χ1v) is 10.4. The van der Waals surface area contributed by atoms with Crippen molar-refractivity contribution in [2.75, 3.05) is 19.7 Å². The fourth-order valence-corrected chi connectivity index (χ4v) is 5.62. The molecule has 1 rings (SSSR count). The molecule has 1 heterocycles. The van der Waals surface area contributed by atoms with Crippen molar-refractivity contribution < 1.29 is 4.74 Å². The van der Waals surface area contributed by atoms with E-state index >= 15 is 0 Å². The number of hydrogen-bond donors (Lipinski definition) is 1. The number of nitrogens with one attached hydrogen (secondary N) is 1. The zero-order valence-corrected chi connectivity index (χ0v) is 12.7. The van der Waals surface area contributed by atoms with Gasteiger partial charge in [-0.2, -0.15) is 0 Å². The lowest BCUT2D eigenvalue weighted by molar-refractivity contribution is 0.0712. The predicted octanol–water partition coefficient (Wildman–Crippen LogP) is 3.12. The van der Waals surface area contributed by atoms with E-state index in [1.165, 1.54) is 18.9 Å². The van der Waals surface area contributed by atoms with Crippen molar-refractivity contribution in [1.82, 2.24) is 5.32 Å². The Morgan fingerprint density at radius 2 is 2.06 bits per heavy atom. The van der Waals surface area contributed by atoms with Gasteiger partial charge < -0.3 is 10.1 Å². The average Bonchev–Trinajstić information content (AvgIpc) is 2.46. The molecule has 1 aliphatic rings. The topological polar surface area (TPSA) is 21.3 Å². The normalized spacial score (nSPS) is 30.9. The van der Waals surface area contributed by atoms with E-state index in [1.54, 1.807) is 0 Å². The zero-order valence-electron chi connectivity index (χ0n) is 11.7. The van der Waals surface area contributed by atoms with Crippen LogP contribution in [0.1, 0.15) is 26.7 Å². The van der Waals surface area contributed by atoms with E-state index < -0.39 is 8.07 Å². The molecular formula is C13H29NOSi. The quantitative estimate of drug-likeness (QED) is 0.572. The van der Waals surface area contributed by atoms with Crippen molar-refractivity contribution in [2.24, 2.45) is 5.41 Å². The zero-order chi connectivity index (χ0) is 12.2. The van der Waals surface area contributed by atoms with Gasteiger partial charge >= 0.3 is 0 Å². The van der Waals surface area contributed by atoms with E-state index in [1.807, 2.05) is 0 Å². The summed E-state index contributed by atoms with van der Waals surface area (Å²) in [5, 5.41) is 3.61. The summed E-state index contributed by atoms with van der Waals surface area (Å²) in [6.45, 7) is 15.2. The first-order chi connectivity index (χ1) is 7.40. The van der Waals surface area contributed by atoms with Crippen molar-refractivity contribution in [3.05, 3.63) is 0 Å². The second-order valence-electron chi connectivity index (χ2n) is 6.54. The minimum Gasteiger partial charge on any atom is -0.378 e. The van der Waals surface area contributed by atoms with Gasteiger partial charge in [-0.25, -0.2) is 0 Å². The van der Waals surface area contributed by atoms with E-state index in [0.717, 1.165) is 19.7 Å². The first-order valence-electron chi connectivity index (χ1n) is 6.72. The fourth-order valence-electron chi connectivity index (χ4n) is 2.92. The number of hydrogen-bond acceptors (Lipinski definition) is 2. The lowest BCUT2D eigenvalue weighted by Gasteiger charge is -2.37. The smallest absolute Gasteiger partial charge is 0.0613 e. The van der Waals surface area contributed by atoms with Crippen molar-refractivity contribution in [3.63, 3.8) is 0 Å². The lowest BCUT2D eigenvalue weighted by atomic mass is 9.83. The van der Waals surface area contributed by atoms with Gasteiger partial charge in [0.1, 0.15) is 0 Å². The van der Waals surface area contributed by atoms with Crippen molar-refractivity contribution in [2.45, 2.75) is 58.5 Å². The number of ether oxygens (including phenoxy) is 1. The van der Waals surface area contributed by atoms with Crippen molar-refractivity contribution in [1.29, 1.82) is 0 Å². The predicted molar refractivity (Wildman–Crippen MR) is 73.8 cm³/mol. The molecule has 96 valence electrons. The molecule has 1 aliphatic heterocycles. The molecule has 0 aromatic carbocycles. The Balaban J connectivity index is 2.61. The molecule has 2 nitrogen and oxygen atoms in total. The highest BCUT2D eigenvalue weighted by atomic mass is 28.3. The van der Waals surface area contributed by atoms with Gasteiger partial charge in [-0.05, 0) is 32.4 Å². The molecule has 0 radical (unpaired) electrons. The standard InChI is InChI=1S/C13H29NOSi/c1-6-8-14-10-13(11-16(3,4)5)7-9-15-12(13)2/h12,14H,6-11H2,1-5H3. The van der Waals surface area contributed by atoms with Crippen LogP contribution in [-0.2, 0) is 4.74 Å². The van der Waals surface area contributed by atoms with Gasteiger partial charge in [-0.15, -0.1) is 0 Å². The minimum absolute atomic E-state index is 0.416. The SMILES string of the molecule is CCCNCC1(C[Si](C)(C)C)CCOC1C. The molecular weight excluding hydrogens is 214 g/mol. The van der Waals surface area contributed by atoms with E-state index in [4.69, 9.17) is 4.74 Å². The van der Waals surface area contributed by atoms with Crippen LogP contribution in [0.3, 0.4) is 0 Å². The van der Waals surface area contributed by atoms with Gasteiger partial charge in [-0.1, -0.05) is 26.6 Å². The molecule has 3 heteroatoms. The monoisotopic (exact) mass is 243 g/mol. The maximum Gasteiger partial charge on any atom is 0.0613 e. The van der Waals surface area contributed by atoms with Crippen LogP contribution in [0.15, 0.2) is 0 Å². The van der Waals surface area contributed by atoms with E-state index in [9.17, 15) is 0 Å². The lowest BCUT2D eigenvalue weighted by Crippen LogP contribution is -2.44. The van der Waals surface area contributed by atoms with Crippen molar-refractivity contribution in [3.8, 4) is 0 Å². The summed E-state index contributed by atoms with van der Waals surface area (Å²) in [7, 11) is -1.02. The molecule has 1 fully saturated rings. The van der Waals surface area contributed by atoms with Crippen LogP contribution >= 0.6 is 0 Å². The molecule has 0 bridgehead atoms. The van der Waals surface area contributed by atoms with Gasteiger partial charge in [0.15, 0.2) is 0 Å². The Morgan fingerprint density at radius 3 is 2.50 bits per heavy atom. The molecule has 2 unspecified atom stereocenters. The second-order valence-corrected chi connectivity index (χ2v) is 12.0. The summed E-state index contributed by atoms with van der Waals surface area (Å²) in [5.74, 6) is 0. The van der Waals surface area contributed by atoms with Crippen LogP contribution in [0.2, 0.25) is 25.7 Å². The third-order valence-corrected chi connectivity index (χ3v) is 5.38. The highest BCUT2D eigenvalue weighted by molar-refractivity contribution is 6.76. The Labute approximate surface area is 102 Å². The summed E-state index contributed by atoms with van der Waals surface area (Å²) in [6.07, 6.45) is 2.90. The van der Waals surface area contributed by atoms with Crippen molar-refractivity contribution >= 4 is 8.07 Å². The largest absolute Gasteiger partial charge is 0.378 e. The molecule has 1 N–H and O–H groups in total. The highest BCUT2D eigenvalue weighted by Crippen LogP contribution is 2.41. The maximum atomic E-state index is 5.83. The Morgan fingerprint density at radius 1 is 1.38 bits per heavy atom. The third kappa shape index (κ3) is 3.86. The summed E-state index contributed by atoms with van der Waals surface area (Å²) < 4.78 is 5.83. The highest BCUT2D eigenvalue weighted by Gasteiger charge is 2.43. The molecule has 0 aromatic heterocycles. The Hall–Kier alpha value is 0.137.